The first kappa shape index (κ1) is 17.4. The normalized spacial score (nSPS) is 19.8. The maximum absolute atomic E-state index is 13.3. The van der Waals surface area contributed by atoms with Crippen LogP contribution >= 0.6 is 11.8 Å². The molecule has 0 spiro atoms. The molecule has 3 aliphatic rings. The third-order valence-corrected chi connectivity index (χ3v) is 6.37. The summed E-state index contributed by atoms with van der Waals surface area (Å²) >= 11 is 1.28. The van der Waals surface area contributed by atoms with E-state index in [0.29, 0.717) is 38.6 Å². The first-order chi connectivity index (χ1) is 14.0. The number of allylic oxidation sites excluding steroid dienone is 2. The molecule has 1 aliphatic carbocycles. The summed E-state index contributed by atoms with van der Waals surface area (Å²) in [6.45, 7) is 0. The highest BCUT2D eigenvalue weighted by Crippen LogP contribution is 2.54. The highest BCUT2D eigenvalue weighted by Gasteiger charge is 2.48. The lowest BCUT2D eigenvalue weighted by Crippen LogP contribution is -2.30. The lowest BCUT2D eigenvalue weighted by atomic mass is 9.81. The van der Waals surface area contributed by atoms with Crippen LogP contribution in [0.4, 0.5) is 5.69 Å². The summed E-state index contributed by atoms with van der Waals surface area (Å²) in [4.78, 5) is 37.9. The fraction of sp³-hybridized carbons (Fsp3) is 0.0952. The smallest absolute Gasteiger partial charge is 0.269 e. The summed E-state index contributed by atoms with van der Waals surface area (Å²) in [5.74, 6) is -0.881. The van der Waals surface area contributed by atoms with E-state index in [0.717, 1.165) is 0 Å². The fourth-order valence-corrected chi connectivity index (χ4v) is 5.12. The Balaban J connectivity index is 1.78. The third-order valence-electron chi connectivity index (χ3n) is 5.30. The van der Waals surface area contributed by atoms with Gasteiger partial charge >= 0.3 is 0 Å². The van der Waals surface area contributed by atoms with E-state index in [1.54, 1.807) is 36.4 Å². The van der Waals surface area contributed by atoms with Crippen molar-refractivity contribution in [3.05, 3.63) is 91.5 Å². The molecule has 0 N–H and O–H groups in total. The molecule has 2 heterocycles. The molecule has 0 bridgehead atoms. The summed E-state index contributed by atoms with van der Waals surface area (Å²) in [6, 6.07) is 15.1. The molecule has 2 aliphatic heterocycles. The van der Waals surface area contributed by atoms with Crippen molar-refractivity contribution in [1.29, 1.82) is 5.26 Å². The minimum Gasteiger partial charge on any atom is -0.289 e. The number of ketones is 1. The van der Waals surface area contributed by atoms with E-state index < -0.39 is 10.8 Å². The summed E-state index contributed by atoms with van der Waals surface area (Å²) < 4.78 is 0. The number of rotatable bonds is 2. The fourth-order valence-electron chi connectivity index (χ4n) is 4.09. The van der Waals surface area contributed by atoms with E-state index in [9.17, 15) is 25.0 Å². The molecule has 0 aromatic heterocycles. The van der Waals surface area contributed by atoms with Crippen LogP contribution in [0.3, 0.4) is 0 Å². The first-order valence-electron chi connectivity index (χ1n) is 8.75. The monoisotopic (exact) mass is 401 g/mol. The summed E-state index contributed by atoms with van der Waals surface area (Å²) in [6.07, 6.45) is 0. The minimum absolute atomic E-state index is 0.0713. The standard InChI is InChI=1S/C21H11N3O4S/c22-9-15-17(11-5-7-12(8-6-11)24(27)28)18-19(23-16(25)10-29-21(15)23)13-3-1-2-4-14(13)20(18)26/h1-8,17H,10H2. The summed E-state index contributed by atoms with van der Waals surface area (Å²) in [5.41, 5.74) is 2.91. The Kier molecular flexibility index (Phi) is 3.69. The van der Waals surface area contributed by atoms with Gasteiger partial charge in [-0.05, 0) is 5.56 Å². The van der Waals surface area contributed by atoms with Gasteiger partial charge in [-0.1, -0.05) is 48.2 Å². The largest absolute Gasteiger partial charge is 0.289 e. The highest BCUT2D eigenvalue weighted by atomic mass is 32.2. The van der Waals surface area contributed by atoms with Crippen LogP contribution in [0.5, 0.6) is 0 Å². The quantitative estimate of drug-likeness (QED) is 0.562. The molecule has 0 radical (unpaired) electrons. The number of carbonyl (C=O) groups excluding carboxylic acids is 2. The van der Waals surface area contributed by atoms with Gasteiger partial charge in [-0.15, -0.1) is 0 Å². The van der Waals surface area contributed by atoms with Crippen LogP contribution in [-0.4, -0.2) is 27.3 Å². The average Bonchev–Trinajstić information content (AvgIpc) is 3.25. The summed E-state index contributed by atoms with van der Waals surface area (Å²) in [5, 5.41) is 21.5. The van der Waals surface area contributed by atoms with E-state index in [-0.39, 0.29) is 23.1 Å². The zero-order valence-electron chi connectivity index (χ0n) is 14.8. The van der Waals surface area contributed by atoms with E-state index in [4.69, 9.17) is 0 Å². The van der Waals surface area contributed by atoms with Crippen molar-refractivity contribution in [3.8, 4) is 6.07 Å². The van der Waals surface area contributed by atoms with Gasteiger partial charge in [-0.3, -0.25) is 24.6 Å². The zero-order chi connectivity index (χ0) is 20.3. The first-order valence-corrected chi connectivity index (χ1v) is 9.74. The van der Waals surface area contributed by atoms with Gasteiger partial charge in [-0.2, -0.15) is 5.26 Å². The number of non-ortho nitro benzene ring substituents is 1. The number of fused-ring (bicyclic) bond motifs is 4. The van der Waals surface area contributed by atoms with Crippen molar-refractivity contribution in [1.82, 2.24) is 4.90 Å². The lowest BCUT2D eigenvalue weighted by molar-refractivity contribution is -0.384. The Bertz CT molecular complexity index is 1240. The Morgan fingerprint density at radius 1 is 1.10 bits per heavy atom. The van der Waals surface area contributed by atoms with Crippen LogP contribution in [-0.2, 0) is 4.79 Å². The number of nitro benzene ring substituents is 1. The maximum atomic E-state index is 13.3. The summed E-state index contributed by atoms with van der Waals surface area (Å²) in [7, 11) is 0. The molecule has 1 atom stereocenters. The molecule has 8 heteroatoms. The average molecular weight is 401 g/mol. The van der Waals surface area contributed by atoms with Gasteiger partial charge in [0.15, 0.2) is 5.78 Å². The minimum atomic E-state index is -0.680. The number of hydrogen-bond donors (Lipinski definition) is 0. The Morgan fingerprint density at radius 3 is 2.45 bits per heavy atom. The molecular formula is C21H11N3O4S. The molecule has 1 saturated heterocycles. The number of thioether (sulfide) groups is 1. The van der Waals surface area contributed by atoms with E-state index in [1.807, 2.05) is 0 Å². The Labute approximate surface area is 169 Å². The number of amides is 1. The van der Waals surface area contributed by atoms with E-state index >= 15 is 0 Å². The molecular weight excluding hydrogens is 390 g/mol. The second kappa shape index (κ2) is 6.15. The van der Waals surface area contributed by atoms with Gasteiger partial charge in [0.05, 0.1) is 39.0 Å². The van der Waals surface area contributed by atoms with Gasteiger partial charge in [0.2, 0.25) is 5.91 Å². The van der Waals surface area contributed by atoms with Gasteiger partial charge < -0.3 is 0 Å². The van der Waals surface area contributed by atoms with Crippen molar-refractivity contribution in [2.75, 3.05) is 5.75 Å². The maximum Gasteiger partial charge on any atom is 0.269 e. The van der Waals surface area contributed by atoms with Crippen molar-refractivity contribution in [2.45, 2.75) is 5.92 Å². The predicted molar refractivity (Wildman–Crippen MR) is 105 cm³/mol. The van der Waals surface area contributed by atoms with Crippen LogP contribution in [0.15, 0.2) is 64.7 Å². The van der Waals surface area contributed by atoms with Crippen molar-refractivity contribution in [3.63, 3.8) is 0 Å². The molecule has 140 valence electrons. The number of nitro groups is 1. The molecule has 2 aromatic rings. The molecule has 1 fully saturated rings. The molecule has 2 aromatic carbocycles. The zero-order valence-corrected chi connectivity index (χ0v) is 15.6. The van der Waals surface area contributed by atoms with Crippen LogP contribution in [0.2, 0.25) is 0 Å². The van der Waals surface area contributed by atoms with Gasteiger partial charge in [0, 0.05) is 28.8 Å². The second-order valence-electron chi connectivity index (χ2n) is 6.77. The number of nitriles is 1. The third kappa shape index (κ3) is 2.31. The molecule has 1 unspecified atom stereocenters. The lowest BCUT2D eigenvalue weighted by Gasteiger charge is -2.31. The van der Waals surface area contributed by atoms with Crippen molar-refractivity contribution < 1.29 is 14.5 Å². The second-order valence-corrected chi connectivity index (χ2v) is 7.73. The van der Waals surface area contributed by atoms with Crippen LogP contribution in [0, 0.1) is 21.4 Å². The number of Topliss-reactive ketones (excluding diaryl/α,β-unsaturated/α-hetero) is 1. The topological polar surface area (TPSA) is 104 Å². The molecule has 29 heavy (non-hydrogen) atoms. The molecule has 1 amide bonds. The number of benzene rings is 2. The molecule has 7 nitrogen and oxygen atoms in total. The van der Waals surface area contributed by atoms with Gasteiger partial charge in [0.25, 0.3) is 5.69 Å². The SMILES string of the molecule is N#CC1=C2SCC(=O)N2C2=C(C(=O)c3ccccc32)C1c1ccc([N+](=O)[O-])cc1. The number of carbonyl (C=O) groups is 2. The van der Waals surface area contributed by atoms with E-state index in [1.165, 1.54) is 28.8 Å². The highest BCUT2D eigenvalue weighted by molar-refractivity contribution is 8.04. The Morgan fingerprint density at radius 2 is 1.79 bits per heavy atom. The van der Waals surface area contributed by atoms with E-state index in [2.05, 4.69) is 6.07 Å². The van der Waals surface area contributed by atoms with Crippen LogP contribution in [0.25, 0.3) is 5.70 Å². The van der Waals surface area contributed by atoms with Gasteiger partial charge in [-0.25, -0.2) is 0 Å². The van der Waals surface area contributed by atoms with Crippen molar-refractivity contribution >= 4 is 34.8 Å². The predicted octanol–water partition coefficient (Wildman–Crippen LogP) is 3.61. The molecule has 5 rings (SSSR count). The van der Waals surface area contributed by atoms with Crippen LogP contribution < -0.4 is 0 Å². The number of nitrogens with zero attached hydrogens (tertiary/aromatic N) is 3. The number of hydrogen-bond acceptors (Lipinski definition) is 6. The van der Waals surface area contributed by atoms with Crippen molar-refractivity contribution in [2.24, 2.45) is 0 Å². The van der Waals surface area contributed by atoms with Gasteiger partial charge in [0.1, 0.15) is 0 Å². The Hall–Kier alpha value is -3.70. The van der Waals surface area contributed by atoms with Crippen LogP contribution in [0.1, 0.15) is 27.4 Å². The molecule has 0 saturated carbocycles.